The van der Waals surface area contributed by atoms with Crippen LogP contribution in [0.25, 0.3) is 0 Å². The molecule has 4 rings (SSSR count). The summed E-state index contributed by atoms with van der Waals surface area (Å²) < 4.78 is 34.0. The number of likely N-dealkylation sites (N-methyl/N-ethyl adjacent to an activating group) is 1. The van der Waals surface area contributed by atoms with Gasteiger partial charge in [0.25, 0.3) is 5.91 Å². The largest absolute Gasteiger partial charge is 0.358 e. The number of hydrogen-bond donors (Lipinski definition) is 0. The normalized spacial score (nSPS) is 23.3. The van der Waals surface area contributed by atoms with Crippen LogP contribution in [0, 0.1) is 0 Å². The molecule has 1 heterocycles. The Morgan fingerprint density at radius 1 is 1.16 bits per heavy atom. The zero-order chi connectivity index (χ0) is 26.7. The van der Waals surface area contributed by atoms with Gasteiger partial charge in [0.2, 0.25) is 10.0 Å². The Hall–Kier alpha value is -2.19. The first-order valence-corrected chi connectivity index (χ1v) is 15.0. The van der Waals surface area contributed by atoms with E-state index in [-0.39, 0.29) is 23.7 Å². The van der Waals surface area contributed by atoms with E-state index in [0.717, 1.165) is 17.5 Å². The summed E-state index contributed by atoms with van der Waals surface area (Å²) in [5.41, 5.74) is 3.06. The van der Waals surface area contributed by atoms with Gasteiger partial charge in [0.05, 0.1) is 11.3 Å². The minimum absolute atomic E-state index is 0.146. The highest BCUT2D eigenvalue weighted by molar-refractivity contribution is 7.90. The highest BCUT2D eigenvalue weighted by Gasteiger charge is 2.47. The average Bonchev–Trinajstić information content (AvgIpc) is 3.75. The van der Waals surface area contributed by atoms with E-state index in [1.165, 1.54) is 9.87 Å². The smallest absolute Gasteiger partial charge is 0.252 e. The molecule has 2 aliphatic rings. The Labute approximate surface area is 226 Å². The fourth-order valence-electron chi connectivity index (χ4n) is 5.15. The average molecular weight is 545 g/mol. The van der Waals surface area contributed by atoms with Gasteiger partial charge in [-0.15, -0.1) is 6.58 Å². The molecule has 0 aromatic heterocycles. The number of nitrogens with zero attached hydrogens (tertiary/aromatic N) is 2. The van der Waals surface area contributed by atoms with Crippen LogP contribution in [0.15, 0.2) is 61.2 Å². The van der Waals surface area contributed by atoms with Crippen LogP contribution in [0.3, 0.4) is 0 Å². The monoisotopic (exact) mass is 544 g/mol. The van der Waals surface area contributed by atoms with Crippen LogP contribution >= 0.6 is 11.6 Å². The maximum Gasteiger partial charge on any atom is 0.252 e. The maximum atomic E-state index is 14.0. The third-order valence-corrected chi connectivity index (χ3v) is 10.0. The summed E-state index contributed by atoms with van der Waals surface area (Å²) in [7, 11) is -1.76. The molecule has 8 heteroatoms. The van der Waals surface area contributed by atoms with Crippen molar-refractivity contribution < 1.29 is 17.9 Å². The van der Waals surface area contributed by atoms with Crippen molar-refractivity contribution in [3.05, 3.63) is 82.9 Å². The number of carbonyl (C=O) groups excluding carboxylic acids is 1. The number of rotatable bonds is 11. The number of hydrogen-bond acceptors (Lipinski definition) is 4. The maximum absolute atomic E-state index is 14.0. The quantitative estimate of drug-likeness (QED) is 0.341. The molecule has 2 fully saturated rings. The van der Waals surface area contributed by atoms with Crippen molar-refractivity contribution in [2.75, 3.05) is 13.6 Å². The van der Waals surface area contributed by atoms with Gasteiger partial charge < -0.3 is 9.64 Å². The van der Waals surface area contributed by atoms with Crippen LogP contribution in [0.2, 0.25) is 5.02 Å². The zero-order valence-electron chi connectivity index (χ0n) is 21.8. The predicted octanol–water partition coefficient (Wildman–Crippen LogP) is 5.69. The molecule has 2 aromatic carbocycles. The molecule has 1 aliphatic carbocycles. The van der Waals surface area contributed by atoms with Gasteiger partial charge >= 0.3 is 0 Å². The summed E-state index contributed by atoms with van der Waals surface area (Å²) in [5.74, 6) is -0.146. The van der Waals surface area contributed by atoms with Crippen molar-refractivity contribution in [3.63, 3.8) is 0 Å². The lowest BCUT2D eigenvalue weighted by atomic mass is 9.88. The fourth-order valence-corrected chi connectivity index (χ4v) is 6.90. The molecule has 1 unspecified atom stereocenters. The van der Waals surface area contributed by atoms with Gasteiger partial charge in [-0.05, 0) is 54.5 Å². The molecule has 0 N–H and O–H groups in total. The molecule has 2 aromatic rings. The van der Waals surface area contributed by atoms with Gasteiger partial charge in [-0.2, -0.15) is 0 Å². The van der Waals surface area contributed by atoms with E-state index in [1.54, 1.807) is 13.1 Å². The highest BCUT2D eigenvalue weighted by Crippen LogP contribution is 2.44. The first kappa shape index (κ1) is 27.8. The topological polar surface area (TPSA) is 66.9 Å². The number of aryl methyl sites for hydroxylation is 1. The number of halogens is 1. The lowest BCUT2D eigenvalue weighted by Gasteiger charge is -2.48. The van der Waals surface area contributed by atoms with Crippen molar-refractivity contribution in [2.24, 2.45) is 0 Å². The third kappa shape index (κ3) is 5.95. The van der Waals surface area contributed by atoms with Gasteiger partial charge in [0.15, 0.2) is 0 Å². The van der Waals surface area contributed by atoms with E-state index in [1.807, 2.05) is 48.2 Å². The molecule has 0 bridgehead atoms. The lowest BCUT2D eigenvalue weighted by molar-refractivity contribution is -0.179. The van der Waals surface area contributed by atoms with Crippen molar-refractivity contribution in [1.82, 2.24) is 9.21 Å². The minimum Gasteiger partial charge on any atom is -0.358 e. The highest BCUT2D eigenvalue weighted by atomic mass is 35.5. The molecule has 4 atom stereocenters. The molecule has 0 radical (unpaired) electrons. The second kappa shape index (κ2) is 11.7. The third-order valence-electron chi connectivity index (χ3n) is 7.42. The minimum atomic E-state index is -3.38. The first-order chi connectivity index (χ1) is 17.7. The molecule has 1 aliphatic heterocycles. The molecule has 6 nitrogen and oxygen atoms in total. The number of amides is 1. The summed E-state index contributed by atoms with van der Waals surface area (Å²) in [6.45, 7) is 8.18. The van der Waals surface area contributed by atoms with Gasteiger partial charge in [-0.3, -0.25) is 4.79 Å². The Morgan fingerprint density at radius 2 is 1.86 bits per heavy atom. The van der Waals surface area contributed by atoms with Crippen LogP contribution in [-0.4, -0.2) is 54.5 Å². The number of carbonyl (C=O) groups is 1. The second-order valence-electron chi connectivity index (χ2n) is 10.00. The summed E-state index contributed by atoms with van der Waals surface area (Å²) in [5, 5.41) is 0.301. The van der Waals surface area contributed by atoms with Gasteiger partial charge in [-0.1, -0.05) is 67.9 Å². The molecule has 1 saturated carbocycles. The van der Waals surface area contributed by atoms with Gasteiger partial charge in [0, 0.05) is 31.1 Å². The van der Waals surface area contributed by atoms with Crippen molar-refractivity contribution in [3.8, 4) is 0 Å². The SMILES string of the molecule is C=CC[C@H]1O[C@H](c2cccc(CC)c2)[C@@H](c2ccc(Cl)cc2)N(C(CC)CN(C)S(=O)(=O)C2CC2)C1=O. The van der Waals surface area contributed by atoms with E-state index in [4.69, 9.17) is 16.3 Å². The molecule has 1 saturated heterocycles. The standard InChI is InChI=1S/C29H37ClN2O4S/c1-5-9-26-29(33)32(24(7-3)19-31(4)37(34,35)25-16-17-25)27(21-12-14-23(30)15-13-21)28(36-26)22-11-8-10-20(6-2)18-22/h5,8,10-15,18,24-28H,1,6-7,9,16-17,19H2,2-4H3/t24?,26-,27-,28-/m1/s1. The van der Waals surface area contributed by atoms with Crippen molar-refractivity contribution in [2.45, 2.75) is 75.5 Å². The van der Waals surface area contributed by atoms with E-state index in [0.29, 0.717) is 30.7 Å². The number of ether oxygens (including phenoxy) is 1. The Balaban J connectivity index is 1.81. The van der Waals surface area contributed by atoms with Gasteiger partial charge in [-0.25, -0.2) is 12.7 Å². The van der Waals surface area contributed by atoms with Crippen LogP contribution < -0.4 is 0 Å². The lowest BCUT2D eigenvalue weighted by Crippen LogP contribution is -2.57. The fraction of sp³-hybridized carbons (Fsp3) is 0.483. The Kier molecular flexibility index (Phi) is 8.79. The van der Waals surface area contributed by atoms with Crippen LogP contribution in [0.5, 0.6) is 0 Å². The summed E-state index contributed by atoms with van der Waals surface area (Å²) in [4.78, 5) is 15.9. The van der Waals surface area contributed by atoms with E-state index in [9.17, 15) is 13.2 Å². The van der Waals surface area contributed by atoms with E-state index >= 15 is 0 Å². The van der Waals surface area contributed by atoms with Crippen molar-refractivity contribution in [1.29, 1.82) is 0 Å². The first-order valence-electron chi connectivity index (χ1n) is 13.1. The number of benzene rings is 2. The Bertz CT molecular complexity index is 1210. The van der Waals surface area contributed by atoms with E-state index in [2.05, 4.69) is 25.6 Å². The Morgan fingerprint density at radius 3 is 2.46 bits per heavy atom. The molecule has 0 spiro atoms. The van der Waals surface area contributed by atoms with Crippen LogP contribution in [0.4, 0.5) is 0 Å². The van der Waals surface area contributed by atoms with Crippen LogP contribution in [-0.2, 0) is 26.0 Å². The predicted molar refractivity (Wildman–Crippen MR) is 148 cm³/mol. The van der Waals surface area contributed by atoms with Gasteiger partial charge in [0.1, 0.15) is 12.2 Å². The molecule has 1 amide bonds. The second-order valence-corrected chi connectivity index (χ2v) is 12.8. The van der Waals surface area contributed by atoms with Crippen LogP contribution in [0.1, 0.15) is 68.4 Å². The summed E-state index contributed by atoms with van der Waals surface area (Å²) >= 11 is 6.22. The molecular weight excluding hydrogens is 508 g/mol. The summed E-state index contributed by atoms with van der Waals surface area (Å²) in [6, 6.07) is 15.0. The molecule has 200 valence electrons. The van der Waals surface area contributed by atoms with E-state index < -0.39 is 28.3 Å². The zero-order valence-corrected chi connectivity index (χ0v) is 23.4. The number of morpholine rings is 1. The molecule has 37 heavy (non-hydrogen) atoms. The van der Waals surface area contributed by atoms with Crippen molar-refractivity contribution >= 4 is 27.5 Å². The molecular formula is C29H37ClN2O4S. The summed E-state index contributed by atoms with van der Waals surface area (Å²) in [6.07, 6.45) is 3.82. The number of sulfonamides is 1.